The summed E-state index contributed by atoms with van der Waals surface area (Å²) in [4.78, 5) is 12.6. The summed E-state index contributed by atoms with van der Waals surface area (Å²) in [7, 11) is 0. The first-order chi connectivity index (χ1) is 12.1. The predicted molar refractivity (Wildman–Crippen MR) is 115 cm³/mol. The van der Waals surface area contributed by atoms with Gasteiger partial charge in [0.05, 0.1) is 4.83 Å². The molecule has 3 aromatic rings. The molecule has 3 rings (SSSR count). The standard InChI is InChI=1S/C22H20BrOP/c1-18(23)22(24)17-25(19-11-5-2-6-12-19,20-13-7-3-8-14-20)21-15-9-4-10-16-21/h2-18H,1H3. The minimum Gasteiger partial charge on any atom is -0.294 e. The van der Waals surface area contributed by atoms with E-state index in [9.17, 15) is 4.79 Å². The van der Waals surface area contributed by atoms with Crippen molar-refractivity contribution >= 4 is 50.3 Å². The van der Waals surface area contributed by atoms with Gasteiger partial charge in [-0.15, -0.1) is 0 Å². The molecule has 126 valence electrons. The predicted octanol–water partition coefficient (Wildman–Crippen LogP) is 4.14. The van der Waals surface area contributed by atoms with Crippen LogP contribution in [0.15, 0.2) is 91.0 Å². The summed E-state index contributed by atoms with van der Waals surface area (Å²) in [5, 5.41) is 3.57. The Labute approximate surface area is 157 Å². The molecule has 0 fully saturated rings. The third kappa shape index (κ3) is 3.71. The van der Waals surface area contributed by atoms with Crippen molar-refractivity contribution in [2.24, 2.45) is 0 Å². The molecular weight excluding hydrogens is 391 g/mol. The number of hydrogen-bond donors (Lipinski definition) is 0. The van der Waals surface area contributed by atoms with Gasteiger partial charge in [0, 0.05) is 0 Å². The Bertz CT molecular complexity index is 784. The fourth-order valence-corrected chi connectivity index (χ4v) is 7.16. The normalized spacial score (nSPS) is 12.4. The summed E-state index contributed by atoms with van der Waals surface area (Å²) >= 11 is 3.45. The first kappa shape index (κ1) is 17.9. The smallest absolute Gasteiger partial charge is 0.170 e. The van der Waals surface area contributed by atoms with Gasteiger partial charge in [0.25, 0.3) is 0 Å². The molecule has 0 N–H and O–H groups in total. The van der Waals surface area contributed by atoms with Crippen molar-refractivity contribution in [2.45, 2.75) is 11.8 Å². The number of halogens is 1. The molecule has 0 heterocycles. The second-order valence-corrected chi connectivity index (χ2v) is 10.5. The molecule has 0 spiro atoms. The zero-order valence-corrected chi connectivity index (χ0v) is 16.5. The van der Waals surface area contributed by atoms with Crippen LogP contribution in [0.4, 0.5) is 0 Å². The molecule has 3 aromatic carbocycles. The number of carbonyl (C=O) groups is 1. The van der Waals surface area contributed by atoms with Gasteiger partial charge in [0.2, 0.25) is 0 Å². The van der Waals surface area contributed by atoms with Crippen LogP contribution in [0, 0.1) is 0 Å². The van der Waals surface area contributed by atoms with E-state index in [1.54, 1.807) is 0 Å². The number of carbonyl (C=O) groups excluding carboxylic acids is 1. The van der Waals surface area contributed by atoms with E-state index in [4.69, 9.17) is 0 Å². The highest BCUT2D eigenvalue weighted by atomic mass is 79.9. The number of rotatable bonds is 5. The van der Waals surface area contributed by atoms with Gasteiger partial charge in [0.1, 0.15) is 0 Å². The van der Waals surface area contributed by atoms with Crippen molar-refractivity contribution in [1.29, 1.82) is 0 Å². The van der Waals surface area contributed by atoms with E-state index in [0.717, 1.165) is 0 Å². The van der Waals surface area contributed by atoms with Crippen molar-refractivity contribution in [3.63, 3.8) is 0 Å². The lowest BCUT2D eigenvalue weighted by Crippen LogP contribution is -2.29. The molecule has 0 aliphatic carbocycles. The van der Waals surface area contributed by atoms with Crippen molar-refractivity contribution < 1.29 is 4.79 Å². The zero-order valence-electron chi connectivity index (χ0n) is 14.0. The largest absolute Gasteiger partial charge is 0.294 e. The van der Waals surface area contributed by atoms with Crippen LogP contribution >= 0.6 is 22.8 Å². The van der Waals surface area contributed by atoms with E-state index in [2.05, 4.69) is 52.3 Å². The Kier molecular flexibility index (Phi) is 5.73. The highest BCUT2D eigenvalue weighted by Gasteiger charge is 2.26. The van der Waals surface area contributed by atoms with Gasteiger partial charge in [0.15, 0.2) is 5.78 Å². The van der Waals surface area contributed by atoms with Gasteiger partial charge >= 0.3 is 0 Å². The van der Waals surface area contributed by atoms with Gasteiger partial charge in [-0.05, 0) is 35.5 Å². The Balaban J connectivity index is 2.43. The Morgan fingerprint density at radius 3 is 1.36 bits per heavy atom. The summed E-state index contributed by atoms with van der Waals surface area (Å²) in [6, 6.07) is 31.1. The molecule has 0 aliphatic heterocycles. The molecule has 1 nitrogen and oxygen atoms in total. The van der Waals surface area contributed by atoms with Crippen LogP contribution in [0.5, 0.6) is 0 Å². The maximum atomic E-state index is 12.8. The minimum absolute atomic E-state index is 0.116. The van der Waals surface area contributed by atoms with Crippen LogP contribution in [0.25, 0.3) is 0 Å². The SMILES string of the molecule is CC(Br)C(=O)C=P(c1ccccc1)(c1ccccc1)c1ccccc1. The fraction of sp³-hybridized carbons (Fsp3) is 0.0909. The summed E-state index contributed by atoms with van der Waals surface area (Å²) in [5.41, 5.74) is 0. The average molecular weight is 411 g/mol. The number of alkyl halides is 1. The van der Waals surface area contributed by atoms with E-state index in [1.807, 2.05) is 67.3 Å². The van der Waals surface area contributed by atoms with E-state index in [0.29, 0.717) is 0 Å². The summed E-state index contributed by atoms with van der Waals surface area (Å²) in [5.74, 6) is 2.08. The maximum absolute atomic E-state index is 12.8. The van der Waals surface area contributed by atoms with E-state index in [1.165, 1.54) is 15.9 Å². The molecule has 0 amide bonds. The Morgan fingerprint density at radius 2 is 1.08 bits per heavy atom. The van der Waals surface area contributed by atoms with Crippen LogP contribution in [-0.2, 0) is 4.79 Å². The summed E-state index contributed by atoms with van der Waals surface area (Å²) in [6.07, 6.45) is 0. The second-order valence-electron chi connectivity index (χ2n) is 5.88. The van der Waals surface area contributed by atoms with Crippen LogP contribution in [-0.4, -0.2) is 16.4 Å². The minimum atomic E-state index is -2.17. The lowest BCUT2D eigenvalue weighted by molar-refractivity contribution is -0.111. The number of ketones is 1. The van der Waals surface area contributed by atoms with Crippen molar-refractivity contribution in [3.8, 4) is 0 Å². The molecule has 0 aromatic heterocycles. The molecule has 0 bridgehead atoms. The van der Waals surface area contributed by atoms with Crippen molar-refractivity contribution in [3.05, 3.63) is 91.0 Å². The monoisotopic (exact) mass is 410 g/mol. The zero-order chi connectivity index (χ0) is 17.7. The van der Waals surface area contributed by atoms with Gasteiger partial charge in [-0.3, -0.25) is 4.79 Å². The number of Topliss-reactive ketones (excluding diaryl/α,β-unsaturated/α-hetero) is 1. The molecule has 1 unspecified atom stereocenters. The molecule has 0 aliphatic rings. The first-order valence-electron chi connectivity index (χ1n) is 8.24. The van der Waals surface area contributed by atoms with Crippen LogP contribution in [0.2, 0.25) is 0 Å². The maximum Gasteiger partial charge on any atom is 0.170 e. The van der Waals surface area contributed by atoms with Gasteiger partial charge in [-0.1, -0.05) is 107 Å². The summed E-state index contributed by atoms with van der Waals surface area (Å²) < 4.78 is 0. The van der Waals surface area contributed by atoms with Gasteiger partial charge in [-0.2, -0.15) is 0 Å². The first-order valence-corrected chi connectivity index (χ1v) is 11.0. The Hall–Kier alpha value is -1.89. The average Bonchev–Trinajstić information content (AvgIpc) is 2.68. The van der Waals surface area contributed by atoms with E-state index >= 15 is 0 Å². The quantitative estimate of drug-likeness (QED) is 0.456. The van der Waals surface area contributed by atoms with Crippen molar-refractivity contribution in [2.75, 3.05) is 0 Å². The molecule has 0 saturated carbocycles. The van der Waals surface area contributed by atoms with Gasteiger partial charge in [-0.25, -0.2) is 0 Å². The van der Waals surface area contributed by atoms with Crippen LogP contribution in [0.3, 0.4) is 0 Å². The third-order valence-corrected chi connectivity index (χ3v) is 8.63. The van der Waals surface area contributed by atoms with Crippen LogP contribution in [0.1, 0.15) is 6.92 Å². The fourth-order valence-electron chi connectivity index (χ4n) is 2.95. The molecule has 0 radical (unpaired) electrons. The van der Waals surface area contributed by atoms with Gasteiger partial charge < -0.3 is 0 Å². The highest BCUT2D eigenvalue weighted by Crippen LogP contribution is 2.43. The van der Waals surface area contributed by atoms with E-state index in [-0.39, 0.29) is 10.6 Å². The highest BCUT2D eigenvalue weighted by molar-refractivity contribution is 9.10. The number of benzene rings is 3. The molecule has 1 atom stereocenters. The second kappa shape index (κ2) is 7.99. The lowest BCUT2D eigenvalue weighted by atomic mass is 10.3. The Morgan fingerprint density at radius 1 is 0.760 bits per heavy atom. The molecule has 0 saturated heterocycles. The van der Waals surface area contributed by atoms with Crippen molar-refractivity contribution in [1.82, 2.24) is 0 Å². The number of hydrogen-bond acceptors (Lipinski definition) is 1. The topological polar surface area (TPSA) is 17.1 Å². The van der Waals surface area contributed by atoms with E-state index < -0.39 is 6.89 Å². The molecule has 3 heteroatoms. The molecule has 25 heavy (non-hydrogen) atoms. The lowest BCUT2D eigenvalue weighted by Gasteiger charge is -2.28. The van der Waals surface area contributed by atoms with Crippen LogP contribution < -0.4 is 15.9 Å². The summed E-state index contributed by atoms with van der Waals surface area (Å²) in [6.45, 7) is -0.284. The third-order valence-electron chi connectivity index (χ3n) is 4.20. The molecular formula is C22H20BrOP.